The van der Waals surface area contributed by atoms with Crippen molar-refractivity contribution in [2.24, 2.45) is 5.73 Å². The van der Waals surface area contributed by atoms with Crippen molar-refractivity contribution >= 4 is 6.08 Å². The second-order valence-corrected chi connectivity index (χ2v) is 3.69. The summed E-state index contributed by atoms with van der Waals surface area (Å²) in [6, 6.07) is 5.21. The van der Waals surface area contributed by atoms with Gasteiger partial charge in [-0.3, -0.25) is 0 Å². The van der Waals surface area contributed by atoms with Crippen LogP contribution in [-0.4, -0.2) is 6.04 Å². The Hall–Kier alpha value is -1.15. The standard InChI is InChI=1S/C12H16FN/c1-8-4-5-11(7-12(8)13)6-9(2)10(3)14/h4-7,10H,14H2,1-3H3/b9-6+. The van der Waals surface area contributed by atoms with Gasteiger partial charge in [0.2, 0.25) is 0 Å². The van der Waals surface area contributed by atoms with Gasteiger partial charge in [0.1, 0.15) is 5.82 Å². The van der Waals surface area contributed by atoms with Crippen LogP contribution in [0.5, 0.6) is 0 Å². The number of rotatable bonds is 2. The van der Waals surface area contributed by atoms with Crippen molar-refractivity contribution in [2.75, 3.05) is 0 Å². The summed E-state index contributed by atoms with van der Waals surface area (Å²) in [4.78, 5) is 0. The summed E-state index contributed by atoms with van der Waals surface area (Å²) >= 11 is 0. The molecular formula is C12H16FN. The lowest BCUT2D eigenvalue weighted by Gasteiger charge is -2.05. The molecule has 0 aliphatic rings. The lowest BCUT2D eigenvalue weighted by Crippen LogP contribution is -2.15. The fourth-order valence-corrected chi connectivity index (χ4v) is 1.09. The molecule has 1 unspecified atom stereocenters. The monoisotopic (exact) mass is 193 g/mol. The summed E-state index contributed by atoms with van der Waals surface area (Å²) in [6.45, 7) is 5.61. The Morgan fingerprint density at radius 3 is 2.64 bits per heavy atom. The zero-order valence-corrected chi connectivity index (χ0v) is 8.84. The number of nitrogens with two attached hydrogens (primary N) is 1. The highest BCUT2D eigenvalue weighted by atomic mass is 19.1. The van der Waals surface area contributed by atoms with Crippen LogP contribution in [0.4, 0.5) is 4.39 Å². The van der Waals surface area contributed by atoms with Crippen LogP contribution in [0.3, 0.4) is 0 Å². The van der Waals surface area contributed by atoms with Crippen molar-refractivity contribution in [2.45, 2.75) is 26.8 Å². The van der Waals surface area contributed by atoms with Gasteiger partial charge in [-0.2, -0.15) is 0 Å². The Kier molecular flexibility index (Phi) is 3.42. The van der Waals surface area contributed by atoms with E-state index >= 15 is 0 Å². The first-order valence-corrected chi connectivity index (χ1v) is 4.70. The zero-order valence-electron chi connectivity index (χ0n) is 8.84. The molecule has 76 valence electrons. The molecule has 1 aromatic rings. The lowest BCUT2D eigenvalue weighted by atomic mass is 10.1. The topological polar surface area (TPSA) is 26.0 Å². The summed E-state index contributed by atoms with van der Waals surface area (Å²) in [7, 11) is 0. The van der Waals surface area contributed by atoms with Gasteiger partial charge in [-0.05, 0) is 38.0 Å². The molecule has 0 aliphatic heterocycles. The number of benzene rings is 1. The number of halogens is 1. The Morgan fingerprint density at radius 2 is 2.14 bits per heavy atom. The third kappa shape index (κ3) is 2.67. The third-order valence-corrected chi connectivity index (χ3v) is 2.31. The molecular weight excluding hydrogens is 177 g/mol. The van der Waals surface area contributed by atoms with E-state index in [0.29, 0.717) is 5.56 Å². The van der Waals surface area contributed by atoms with Crippen LogP contribution in [-0.2, 0) is 0 Å². The Labute approximate surface area is 84.4 Å². The summed E-state index contributed by atoms with van der Waals surface area (Å²) in [6.07, 6.45) is 1.91. The minimum atomic E-state index is -0.170. The van der Waals surface area contributed by atoms with Gasteiger partial charge in [-0.25, -0.2) is 4.39 Å². The highest BCUT2D eigenvalue weighted by molar-refractivity contribution is 5.54. The molecule has 2 N–H and O–H groups in total. The van der Waals surface area contributed by atoms with Crippen LogP contribution in [0.15, 0.2) is 23.8 Å². The Morgan fingerprint density at radius 1 is 1.50 bits per heavy atom. The van der Waals surface area contributed by atoms with E-state index in [1.165, 1.54) is 6.07 Å². The lowest BCUT2D eigenvalue weighted by molar-refractivity contribution is 0.618. The van der Waals surface area contributed by atoms with Crippen LogP contribution in [0.1, 0.15) is 25.0 Å². The fraction of sp³-hybridized carbons (Fsp3) is 0.333. The van der Waals surface area contributed by atoms with E-state index in [-0.39, 0.29) is 11.9 Å². The first-order chi connectivity index (χ1) is 6.50. The van der Waals surface area contributed by atoms with Gasteiger partial charge in [0.05, 0.1) is 0 Å². The first kappa shape index (κ1) is 10.9. The van der Waals surface area contributed by atoms with Gasteiger partial charge in [-0.1, -0.05) is 23.8 Å². The molecule has 2 heteroatoms. The van der Waals surface area contributed by atoms with Crippen LogP contribution < -0.4 is 5.73 Å². The number of aryl methyl sites for hydroxylation is 1. The molecule has 0 aliphatic carbocycles. The Bertz CT molecular complexity index is 353. The minimum Gasteiger partial charge on any atom is -0.324 e. The van der Waals surface area contributed by atoms with Gasteiger partial charge in [0.25, 0.3) is 0 Å². The summed E-state index contributed by atoms with van der Waals surface area (Å²) in [5, 5.41) is 0. The summed E-state index contributed by atoms with van der Waals surface area (Å²) in [5.74, 6) is -0.170. The van der Waals surface area contributed by atoms with Gasteiger partial charge in [0.15, 0.2) is 0 Å². The van der Waals surface area contributed by atoms with Gasteiger partial charge in [-0.15, -0.1) is 0 Å². The van der Waals surface area contributed by atoms with E-state index in [1.54, 1.807) is 13.0 Å². The number of hydrogen-bond acceptors (Lipinski definition) is 1. The summed E-state index contributed by atoms with van der Waals surface area (Å²) < 4.78 is 13.2. The fourth-order valence-electron chi connectivity index (χ4n) is 1.09. The van der Waals surface area contributed by atoms with Crippen molar-refractivity contribution in [1.82, 2.24) is 0 Å². The first-order valence-electron chi connectivity index (χ1n) is 4.70. The number of hydrogen-bond donors (Lipinski definition) is 1. The molecule has 0 spiro atoms. The smallest absolute Gasteiger partial charge is 0.126 e. The van der Waals surface area contributed by atoms with Gasteiger partial charge >= 0.3 is 0 Å². The molecule has 0 aromatic heterocycles. The van der Waals surface area contributed by atoms with E-state index in [2.05, 4.69) is 0 Å². The Balaban J connectivity index is 2.98. The van der Waals surface area contributed by atoms with E-state index in [0.717, 1.165) is 11.1 Å². The maximum absolute atomic E-state index is 13.2. The maximum Gasteiger partial charge on any atom is 0.126 e. The van der Waals surface area contributed by atoms with Crippen LogP contribution >= 0.6 is 0 Å². The molecule has 0 heterocycles. The zero-order chi connectivity index (χ0) is 10.7. The molecule has 0 saturated heterocycles. The molecule has 14 heavy (non-hydrogen) atoms. The van der Waals surface area contributed by atoms with Crippen molar-refractivity contribution < 1.29 is 4.39 Å². The minimum absolute atomic E-state index is 0.0133. The van der Waals surface area contributed by atoms with E-state index in [9.17, 15) is 4.39 Å². The van der Waals surface area contributed by atoms with Crippen molar-refractivity contribution in [3.8, 4) is 0 Å². The average molecular weight is 193 g/mol. The highest BCUT2D eigenvalue weighted by Crippen LogP contribution is 2.13. The predicted molar refractivity (Wildman–Crippen MR) is 58.4 cm³/mol. The predicted octanol–water partition coefficient (Wildman–Crippen LogP) is 2.88. The molecule has 0 fully saturated rings. The second kappa shape index (κ2) is 4.38. The van der Waals surface area contributed by atoms with Gasteiger partial charge in [0, 0.05) is 6.04 Å². The van der Waals surface area contributed by atoms with Crippen LogP contribution in [0.2, 0.25) is 0 Å². The molecule has 1 atom stereocenters. The molecule has 0 saturated carbocycles. The largest absolute Gasteiger partial charge is 0.324 e. The molecule has 1 nitrogen and oxygen atoms in total. The normalized spacial score (nSPS) is 14.2. The van der Waals surface area contributed by atoms with E-state index in [1.807, 2.05) is 26.0 Å². The quantitative estimate of drug-likeness (QED) is 0.767. The SMILES string of the molecule is C/C(=C\c1ccc(C)c(F)c1)C(C)N. The van der Waals surface area contributed by atoms with Crippen molar-refractivity contribution in [3.63, 3.8) is 0 Å². The molecule has 1 rings (SSSR count). The van der Waals surface area contributed by atoms with E-state index in [4.69, 9.17) is 5.73 Å². The van der Waals surface area contributed by atoms with Crippen LogP contribution in [0, 0.1) is 12.7 Å². The molecule has 0 bridgehead atoms. The van der Waals surface area contributed by atoms with Crippen molar-refractivity contribution in [1.29, 1.82) is 0 Å². The average Bonchev–Trinajstić information content (AvgIpc) is 2.11. The molecule has 1 aromatic carbocycles. The molecule has 0 amide bonds. The van der Waals surface area contributed by atoms with Gasteiger partial charge < -0.3 is 5.73 Å². The van der Waals surface area contributed by atoms with E-state index < -0.39 is 0 Å². The van der Waals surface area contributed by atoms with Crippen LogP contribution in [0.25, 0.3) is 6.08 Å². The highest BCUT2D eigenvalue weighted by Gasteiger charge is 1.99. The maximum atomic E-state index is 13.2. The molecule has 0 radical (unpaired) electrons. The summed E-state index contributed by atoms with van der Waals surface area (Å²) in [5.41, 5.74) is 8.27. The second-order valence-electron chi connectivity index (χ2n) is 3.69. The van der Waals surface area contributed by atoms with Crippen molar-refractivity contribution in [3.05, 3.63) is 40.7 Å². The third-order valence-electron chi connectivity index (χ3n) is 2.31.